The zero-order valence-electron chi connectivity index (χ0n) is 18.0. The lowest BCUT2D eigenvalue weighted by molar-refractivity contribution is -0.138. The number of ether oxygens (including phenoxy) is 2. The first-order chi connectivity index (χ1) is 16.4. The maximum absolute atomic E-state index is 11.8. The summed E-state index contributed by atoms with van der Waals surface area (Å²) in [5.41, 5.74) is 1.63. The number of carbonyl (C=O) groups excluding carboxylic acids is 1. The molecule has 1 atom stereocenters. The van der Waals surface area contributed by atoms with Crippen molar-refractivity contribution in [1.82, 2.24) is 5.32 Å². The number of nitrogens with one attached hydrogen (secondary N) is 1. The number of carboxylic acid groups (broad SMARTS) is 1. The molecule has 3 aromatic rings. The minimum atomic E-state index is -1.05. The van der Waals surface area contributed by atoms with Gasteiger partial charge in [-0.05, 0) is 28.5 Å². The molecule has 1 aliphatic heterocycles. The minimum absolute atomic E-state index is 0.237. The van der Waals surface area contributed by atoms with Crippen LogP contribution in [0.5, 0.6) is 11.5 Å². The van der Waals surface area contributed by atoms with E-state index in [1.54, 1.807) is 12.1 Å². The number of carboxylic acids is 1. The number of methoxy groups -OCH3 is 1. The molecule has 174 valence electrons. The fraction of sp³-hybridized carbons (Fsp3) is 0.167. The first-order valence-electron chi connectivity index (χ1n) is 10.2. The molecular formula is C24H20ClN3O5S. The first-order valence-corrected chi connectivity index (χ1v) is 11.5. The number of fused-ring (bicyclic) bond motifs is 1. The van der Waals surface area contributed by atoms with E-state index in [-0.39, 0.29) is 11.6 Å². The summed E-state index contributed by atoms with van der Waals surface area (Å²) in [4.78, 5) is 22.6. The van der Waals surface area contributed by atoms with Crippen LogP contribution in [0.3, 0.4) is 0 Å². The van der Waals surface area contributed by atoms with E-state index >= 15 is 0 Å². The summed E-state index contributed by atoms with van der Waals surface area (Å²) in [5.74, 6) is -0.608. The second kappa shape index (κ2) is 10.6. The molecule has 1 unspecified atom stereocenters. The monoisotopic (exact) mass is 497 g/mol. The number of carbonyl (C=O) groups is 2. The Balaban J connectivity index is 1.48. The molecule has 10 heteroatoms. The summed E-state index contributed by atoms with van der Waals surface area (Å²) in [6, 6.07) is 17.5. The summed E-state index contributed by atoms with van der Waals surface area (Å²) in [6.07, 6.45) is 1.17. The Morgan fingerprint density at radius 2 is 2.03 bits per heavy atom. The molecule has 0 aliphatic carbocycles. The van der Waals surface area contributed by atoms with Crippen LogP contribution in [0.4, 0.5) is 0 Å². The van der Waals surface area contributed by atoms with Crippen LogP contribution in [0.2, 0.25) is 5.02 Å². The van der Waals surface area contributed by atoms with E-state index in [0.29, 0.717) is 28.7 Å². The predicted molar refractivity (Wildman–Crippen MR) is 133 cm³/mol. The average molecular weight is 498 g/mol. The van der Waals surface area contributed by atoms with E-state index in [9.17, 15) is 9.59 Å². The molecule has 4 rings (SSSR count). The highest BCUT2D eigenvalue weighted by atomic mass is 35.5. The number of benzene rings is 3. The van der Waals surface area contributed by atoms with E-state index < -0.39 is 17.1 Å². The molecule has 0 aromatic heterocycles. The Bertz CT molecular complexity index is 1310. The lowest BCUT2D eigenvalue weighted by atomic mass is 10.1. The van der Waals surface area contributed by atoms with Gasteiger partial charge in [-0.25, -0.2) is 0 Å². The zero-order chi connectivity index (χ0) is 24.1. The summed E-state index contributed by atoms with van der Waals surface area (Å²) in [7, 11) is 1.52. The standard InChI is InChI=1S/C24H20ClN3O5S/c1-32-19-10-14(12-26-28-24-27-23(31)20(34-24)11-21(29)30)9-18(25)22(19)33-13-16-7-4-6-15-5-2-3-8-17(15)16/h2-10,12,20H,11,13H2,1H3,(H,29,30)(H,27,28,31)/b26-12+. The Morgan fingerprint density at radius 3 is 2.82 bits per heavy atom. The normalized spacial score (nSPS) is 16.8. The van der Waals surface area contributed by atoms with Crippen molar-refractivity contribution >= 4 is 57.4 Å². The molecular weight excluding hydrogens is 478 g/mol. The summed E-state index contributed by atoms with van der Waals surface area (Å²) in [5, 5.41) is 21.4. The molecule has 1 amide bonds. The molecule has 0 spiro atoms. The quantitative estimate of drug-likeness (QED) is 0.351. The molecule has 0 saturated carbocycles. The Kier molecular flexibility index (Phi) is 7.34. The van der Waals surface area contributed by atoms with Crippen molar-refractivity contribution in [1.29, 1.82) is 0 Å². The van der Waals surface area contributed by atoms with Gasteiger partial charge in [-0.2, -0.15) is 5.10 Å². The second-order valence-electron chi connectivity index (χ2n) is 7.30. The van der Waals surface area contributed by atoms with Crippen LogP contribution in [0.15, 0.2) is 64.8 Å². The number of hydrogen-bond acceptors (Lipinski definition) is 7. The van der Waals surface area contributed by atoms with Gasteiger partial charge >= 0.3 is 5.97 Å². The number of amides is 1. The van der Waals surface area contributed by atoms with Crippen molar-refractivity contribution in [3.05, 3.63) is 70.7 Å². The fourth-order valence-electron chi connectivity index (χ4n) is 3.42. The van der Waals surface area contributed by atoms with Gasteiger partial charge < -0.3 is 19.9 Å². The van der Waals surface area contributed by atoms with Crippen molar-refractivity contribution in [2.24, 2.45) is 10.2 Å². The van der Waals surface area contributed by atoms with Gasteiger partial charge in [0, 0.05) is 5.56 Å². The van der Waals surface area contributed by atoms with E-state index in [0.717, 1.165) is 28.1 Å². The topological polar surface area (TPSA) is 110 Å². The Hall–Kier alpha value is -3.56. The first kappa shape index (κ1) is 23.6. The number of nitrogens with zero attached hydrogens (tertiary/aromatic N) is 2. The van der Waals surface area contributed by atoms with Gasteiger partial charge in [-0.1, -0.05) is 65.8 Å². The second-order valence-corrected chi connectivity index (χ2v) is 8.90. The molecule has 1 fully saturated rings. The van der Waals surface area contributed by atoms with Crippen LogP contribution >= 0.6 is 23.4 Å². The van der Waals surface area contributed by atoms with Crippen LogP contribution in [0.1, 0.15) is 17.5 Å². The zero-order valence-corrected chi connectivity index (χ0v) is 19.6. The van der Waals surface area contributed by atoms with Gasteiger partial charge in [-0.15, -0.1) is 5.10 Å². The maximum atomic E-state index is 11.8. The molecule has 8 nitrogen and oxygen atoms in total. The van der Waals surface area contributed by atoms with Gasteiger partial charge in [0.2, 0.25) is 5.91 Å². The van der Waals surface area contributed by atoms with E-state index in [1.165, 1.54) is 13.3 Å². The number of rotatable bonds is 8. The van der Waals surface area contributed by atoms with Crippen molar-refractivity contribution < 1.29 is 24.2 Å². The van der Waals surface area contributed by atoms with E-state index in [4.69, 9.17) is 26.2 Å². The van der Waals surface area contributed by atoms with Crippen LogP contribution in [-0.4, -0.2) is 40.7 Å². The summed E-state index contributed by atoms with van der Waals surface area (Å²) >= 11 is 7.50. The molecule has 2 N–H and O–H groups in total. The van der Waals surface area contributed by atoms with Crippen LogP contribution < -0.4 is 14.8 Å². The molecule has 1 saturated heterocycles. The lowest BCUT2D eigenvalue weighted by Crippen LogP contribution is -2.26. The predicted octanol–water partition coefficient (Wildman–Crippen LogP) is 4.48. The largest absolute Gasteiger partial charge is 0.493 e. The van der Waals surface area contributed by atoms with Gasteiger partial charge in [0.1, 0.15) is 11.9 Å². The highest BCUT2D eigenvalue weighted by Crippen LogP contribution is 2.37. The molecule has 0 radical (unpaired) electrons. The van der Waals surface area contributed by atoms with E-state index in [2.05, 4.69) is 15.5 Å². The molecule has 1 heterocycles. The maximum Gasteiger partial charge on any atom is 0.305 e. The molecule has 0 bridgehead atoms. The van der Waals surface area contributed by atoms with Gasteiger partial charge in [0.15, 0.2) is 16.7 Å². The minimum Gasteiger partial charge on any atom is -0.493 e. The van der Waals surface area contributed by atoms with Gasteiger partial charge in [0.25, 0.3) is 0 Å². The summed E-state index contributed by atoms with van der Waals surface area (Å²) in [6.45, 7) is 0.312. The number of halogens is 1. The van der Waals surface area contributed by atoms with Gasteiger partial charge in [0.05, 0.1) is 24.8 Å². The highest BCUT2D eigenvalue weighted by molar-refractivity contribution is 8.15. The van der Waals surface area contributed by atoms with Crippen LogP contribution in [0, 0.1) is 0 Å². The lowest BCUT2D eigenvalue weighted by Gasteiger charge is -2.14. The third-order valence-electron chi connectivity index (χ3n) is 5.00. The van der Waals surface area contributed by atoms with Crippen molar-refractivity contribution in [2.45, 2.75) is 18.3 Å². The van der Waals surface area contributed by atoms with Crippen LogP contribution in [-0.2, 0) is 16.2 Å². The Labute approximate surface area is 204 Å². The third-order valence-corrected chi connectivity index (χ3v) is 6.35. The third kappa shape index (κ3) is 5.49. The fourth-order valence-corrected chi connectivity index (χ4v) is 4.60. The number of aliphatic carboxylic acids is 1. The van der Waals surface area contributed by atoms with Crippen molar-refractivity contribution in [3.8, 4) is 11.5 Å². The molecule has 3 aromatic carbocycles. The van der Waals surface area contributed by atoms with Crippen LogP contribution in [0.25, 0.3) is 10.8 Å². The average Bonchev–Trinajstić information content (AvgIpc) is 3.16. The van der Waals surface area contributed by atoms with Crippen molar-refractivity contribution in [2.75, 3.05) is 7.11 Å². The summed E-state index contributed by atoms with van der Waals surface area (Å²) < 4.78 is 11.5. The highest BCUT2D eigenvalue weighted by Gasteiger charge is 2.32. The molecule has 1 aliphatic rings. The SMILES string of the molecule is COc1cc(/C=N/N=C2\NC(=O)C(CC(=O)O)S2)cc(Cl)c1OCc1cccc2ccccc12. The van der Waals surface area contributed by atoms with Gasteiger partial charge in [-0.3, -0.25) is 9.59 Å². The Morgan fingerprint density at radius 1 is 1.24 bits per heavy atom. The van der Waals surface area contributed by atoms with E-state index in [1.807, 2.05) is 42.5 Å². The number of amidine groups is 1. The van der Waals surface area contributed by atoms with Crippen molar-refractivity contribution in [3.63, 3.8) is 0 Å². The number of thioether (sulfide) groups is 1. The smallest absolute Gasteiger partial charge is 0.305 e. The molecule has 34 heavy (non-hydrogen) atoms. The number of hydrogen-bond donors (Lipinski definition) is 2.